The second kappa shape index (κ2) is 11.7. The molecule has 4 rings (SSSR count). The van der Waals surface area contributed by atoms with Crippen LogP contribution in [0.1, 0.15) is 62.1 Å². The lowest BCUT2D eigenvalue weighted by atomic mass is 9.88. The summed E-state index contributed by atoms with van der Waals surface area (Å²) in [6, 6.07) is 9.39. The van der Waals surface area contributed by atoms with Crippen LogP contribution in [0.5, 0.6) is 0 Å². The number of carbonyl (C=O) groups is 3. The number of carbonyl (C=O) groups excluding carboxylic acids is 2. The molecule has 2 aromatic rings. The fourth-order valence-corrected chi connectivity index (χ4v) is 7.93. The molecule has 2 amide bonds. The number of sulfonamides is 1. The van der Waals surface area contributed by atoms with Gasteiger partial charge in [0.05, 0.1) is 12.5 Å². The molecule has 1 aliphatic carbocycles. The van der Waals surface area contributed by atoms with E-state index in [1.165, 1.54) is 11.0 Å². The monoisotopic (exact) mass is 547 g/mol. The average Bonchev–Trinajstić information content (AvgIpc) is 3.44. The van der Waals surface area contributed by atoms with Gasteiger partial charge in [-0.1, -0.05) is 55.2 Å². The fourth-order valence-electron chi connectivity index (χ4n) is 5.22. The molecule has 0 bridgehead atoms. The molecule has 1 saturated heterocycles. The Balaban J connectivity index is 1.70. The molecule has 2 N–H and O–H groups in total. The second-order valence-corrected chi connectivity index (χ2v) is 12.8. The van der Waals surface area contributed by atoms with Crippen LogP contribution in [0.2, 0.25) is 0 Å². The predicted octanol–water partition coefficient (Wildman–Crippen LogP) is 3.52. The molecule has 0 spiro atoms. The average molecular weight is 548 g/mol. The number of hydrogen-bond donors (Lipinski definition) is 2. The zero-order valence-electron chi connectivity index (χ0n) is 20.8. The van der Waals surface area contributed by atoms with E-state index in [0.29, 0.717) is 24.8 Å². The van der Waals surface area contributed by atoms with Crippen LogP contribution in [0.15, 0.2) is 46.0 Å². The number of aryl methyl sites for hydroxylation is 1. The summed E-state index contributed by atoms with van der Waals surface area (Å²) in [5.74, 6) is -2.26. The fraction of sp³-hybridized carbons (Fsp3) is 0.500. The van der Waals surface area contributed by atoms with E-state index in [4.69, 9.17) is 0 Å². The van der Waals surface area contributed by atoms with E-state index in [-0.39, 0.29) is 35.5 Å². The van der Waals surface area contributed by atoms with E-state index in [1.807, 2.05) is 13.0 Å². The largest absolute Gasteiger partial charge is 0.481 e. The number of hydrogen-bond acceptors (Lipinski definition) is 6. The first-order valence-corrected chi connectivity index (χ1v) is 14.9. The lowest BCUT2D eigenvalue weighted by Gasteiger charge is -2.43. The molecule has 0 radical (unpaired) electrons. The Labute approximate surface area is 221 Å². The number of carboxylic acids is 1. The quantitative estimate of drug-likeness (QED) is 0.521. The molecular weight excluding hydrogens is 514 g/mol. The molecule has 11 heteroatoms. The number of rotatable bonds is 8. The molecule has 1 aromatic carbocycles. The third kappa shape index (κ3) is 6.22. The Morgan fingerprint density at radius 3 is 2.49 bits per heavy atom. The molecule has 200 valence electrons. The van der Waals surface area contributed by atoms with Crippen molar-refractivity contribution in [3.05, 3.63) is 52.9 Å². The van der Waals surface area contributed by atoms with Gasteiger partial charge in [0.25, 0.3) is 15.9 Å². The van der Waals surface area contributed by atoms with Crippen molar-refractivity contribution in [3.8, 4) is 0 Å². The Hall–Kier alpha value is -2.76. The maximum atomic E-state index is 13.9. The summed E-state index contributed by atoms with van der Waals surface area (Å²) >= 11 is 1.05. The van der Waals surface area contributed by atoms with Gasteiger partial charge >= 0.3 is 5.97 Å². The number of benzene rings is 1. The highest BCUT2D eigenvalue weighted by Gasteiger charge is 2.46. The van der Waals surface area contributed by atoms with Crippen molar-refractivity contribution in [3.63, 3.8) is 0 Å². The third-order valence-corrected chi connectivity index (χ3v) is 10.2. The van der Waals surface area contributed by atoms with Crippen LogP contribution in [-0.2, 0) is 24.4 Å². The molecule has 37 heavy (non-hydrogen) atoms. The lowest BCUT2D eigenvalue weighted by Crippen LogP contribution is -2.64. The number of carboxylic acid groups (broad SMARTS) is 1. The predicted molar refractivity (Wildman–Crippen MR) is 139 cm³/mol. The molecule has 2 heterocycles. The van der Waals surface area contributed by atoms with Gasteiger partial charge in [-0.25, -0.2) is 8.42 Å². The standard InChI is InChI=1S/C26H33N3O6S2/c1-18-8-5-11-20(16-18)21(17-22(30)31)27-24(32)25-28(26(33)19-9-3-2-4-10-19)13-7-14-29(25)37(34,35)23-12-6-15-36-23/h5-6,8,11-12,15-16,19,21,25H,2-4,7,9-10,13-14,17H2,1H3,(H,27,32)(H,30,31). The summed E-state index contributed by atoms with van der Waals surface area (Å²) in [6.07, 6.45) is 2.97. The first-order valence-electron chi connectivity index (χ1n) is 12.6. The molecule has 2 unspecified atom stereocenters. The van der Waals surface area contributed by atoms with Crippen molar-refractivity contribution in [1.82, 2.24) is 14.5 Å². The lowest BCUT2D eigenvalue weighted by molar-refractivity contribution is -0.151. The summed E-state index contributed by atoms with van der Waals surface area (Å²) in [5, 5.41) is 14.0. The van der Waals surface area contributed by atoms with E-state index >= 15 is 0 Å². The van der Waals surface area contributed by atoms with Crippen molar-refractivity contribution in [2.24, 2.45) is 5.92 Å². The van der Waals surface area contributed by atoms with E-state index in [0.717, 1.165) is 40.5 Å². The van der Waals surface area contributed by atoms with Crippen LogP contribution in [0.25, 0.3) is 0 Å². The smallest absolute Gasteiger partial charge is 0.305 e. The number of aliphatic carboxylic acids is 1. The topological polar surface area (TPSA) is 124 Å². The first-order chi connectivity index (χ1) is 17.7. The third-order valence-electron chi connectivity index (χ3n) is 7.02. The number of nitrogens with zero attached hydrogens (tertiary/aromatic N) is 2. The summed E-state index contributed by atoms with van der Waals surface area (Å²) in [5.41, 5.74) is 1.50. The van der Waals surface area contributed by atoms with Crippen LogP contribution in [0.3, 0.4) is 0 Å². The van der Waals surface area contributed by atoms with Gasteiger partial charge in [0, 0.05) is 19.0 Å². The van der Waals surface area contributed by atoms with Crippen molar-refractivity contribution in [2.45, 2.75) is 68.3 Å². The van der Waals surface area contributed by atoms with Gasteiger partial charge in [0.2, 0.25) is 5.91 Å². The van der Waals surface area contributed by atoms with E-state index < -0.39 is 34.1 Å². The highest BCUT2D eigenvalue weighted by molar-refractivity contribution is 7.91. The molecule has 1 saturated carbocycles. The minimum atomic E-state index is -4.06. The summed E-state index contributed by atoms with van der Waals surface area (Å²) in [7, 11) is -4.06. The minimum Gasteiger partial charge on any atom is -0.481 e. The number of thiophene rings is 1. The molecule has 9 nitrogen and oxygen atoms in total. The van der Waals surface area contributed by atoms with Crippen molar-refractivity contribution >= 4 is 39.1 Å². The van der Waals surface area contributed by atoms with Gasteiger partial charge in [-0.15, -0.1) is 11.3 Å². The van der Waals surface area contributed by atoms with E-state index in [2.05, 4.69) is 5.32 Å². The Morgan fingerprint density at radius 2 is 1.84 bits per heavy atom. The summed E-state index contributed by atoms with van der Waals surface area (Å²) in [6.45, 7) is 2.21. The highest BCUT2D eigenvalue weighted by atomic mass is 32.2. The Morgan fingerprint density at radius 1 is 1.08 bits per heavy atom. The van der Waals surface area contributed by atoms with Gasteiger partial charge < -0.3 is 15.3 Å². The maximum Gasteiger partial charge on any atom is 0.305 e. The molecule has 2 atom stereocenters. The molecule has 1 aromatic heterocycles. The zero-order chi connectivity index (χ0) is 26.6. The maximum absolute atomic E-state index is 13.9. The van der Waals surface area contributed by atoms with Gasteiger partial charge in [0.15, 0.2) is 6.17 Å². The van der Waals surface area contributed by atoms with Crippen LogP contribution in [-0.4, -0.2) is 59.8 Å². The number of amides is 2. The Kier molecular flexibility index (Phi) is 8.66. The van der Waals surface area contributed by atoms with Crippen LogP contribution in [0, 0.1) is 12.8 Å². The summed E-state index contributed by atoms with van der Waals surface area (Å²) < 4.78 is 28.4. The number of nitrogens with one attached hydrogen (secondary N) is 1. The normalized spacial score (nSPS) is 20.4. The van der Waals surface area contributed by atoms with Gasteiger partial charge in [-0.2, -0.15) is 4.31 Å². The van der Waals surface area contributed by atoms with E-state index in [9.17, 15) is 27.9 Å². The van der Waals surface area contributed by atoms with E-state index in [1.54, 1.807) is 29.6 Å². The van der Waals surface area contributed by atoms with Gasteiger partial charge in [-0.3, -0.25) is 14.4 Å². The molecule has 1 aliphatic heterocycles. The molecular formula is C26H33N3O6S2. The first kappa shape index (κ1) is 27.3. The zero-order valence-corrected chi connectivity index (χ0v) is 22.5. The highest BCUT2D eigenvalue weighted by Crippen LogP contribution is 2.32. The van der Waals surface area contributed by atoms with Crippen LogP contribution in [0.4, 0.5) is 0 Å². The SMILES string of the molecule is Cc1cccc(C(CC(=O)O)NC(=O)C2N(C(=O)C3CCCCC3)CCCN2S(=O)(=O)c2cccs2)c1. The van der Waals surface area contributed by atoms with Crippen molar-refractivity contribution in [2.75, 3.05) is 13.1 Å². The summed E-state index contributed by atoms with van der Waals surface area (Å²) in [4.78, 5) is 40.6. The second-order valence-electron chi connectivity index (χ2n) is 9.71. The Bertz CT molecular complexity index is 1220. The molecule has 2 fully saturated rings. The van der Waals surface area contributed by atoms with Crippen molar-refractivity contribution < 1.29 is 27.9 Å². The van der Waals surface area contributed by atoms with Crippen LogP contribution < -0.4 is 5.32 Å². The van der Waals surface area contributed by atoms with Crippen molar-refractivity contribution in [1.29, 1.82) is 0 Å². The van der Waals surface area contributed by atoms with Gasteiger partial charge in [-0.05, 0) is 43.2 Å². The van der Waals surface area contributed by atoms with Crippen LogP contribution >= 0.6 is 11.3 Å². The van der Waals surface area contributed by atoms with Gasteiger partial charge in [0.1, 0.15) is 4.21 Å². The molecule has 2 aliphatic rings. The minimum absolute atomic E-state index is 0.0841.